The van der Waals surface area contributed by atoms with E-state index in [4.69, 9.17) is 9.47 Å². The third-order valence-electron chi connectivity index (χ3n) is 3.25. The van der Waals surface area contributed by atoms with Crippen LogP contribution < -0.4 is 0 Å². The van der Waals surface area contributed by atoms with Crippen LogP contribution in [0, 0.1) is 11.8 Å². The highest BCUT2D eigenvalue weighted by molar-refractivity contribution is 4.63. The Balaban J connectivity index is 3.55. The minimum atomic E-state index is -0.00688. The van der Waals surface area contributed by atoms with Gasteiger partial charge < -0.3 is 9.47 Å². The lowest BCUT2D eigenvalue weighted by molar-refractivity contribution is -0.0231. The smallest absolute Gasteiger partial charge is 0.0598 e. The van der Waals surface area contributed by atoms with E-state index >= 15 is 0 Å². The largest absolute Gasteiger partial charge is 0.376 e. The van der Waals surface area contributed by atoms with Crippen LogP contribution in [0.3, 0.4) is 0 Å². The molecule has 0 rings (SSSR count). The zero-order chi connectivity index (χ0) is 15.8. The summed E-state index contributed by atoms with van der Waals surface area (Å²) in [6.45, 7) is 19.1. The summed E-state index contributed by atoms with van der Waals surface area (Å²) in [5.41, 5.74) is -0.0138. The van der Waals surface area contributed by atoms with Crippen LogP contribution in [-0.2, 0) is 9.47 Å². The van der Waals surface area contributed by atoms with E-state index in [1.54, 1.807) is 0 Å². The van der Waals surface area contributed by atoms with Crippen molar-refractivity contribution in [3.8, 4) is 0 Å². The van der Waals surface area contributed by atoms with Crippen molar-refractivity contribution in [2.75, 3.05) is 13.2 Å². The molecule has 0 aliphatic carbocycles. The Morgan fingerprint density at radius 1 is 0.650 bits per heavy atom. The number of ether oxygens (including phenoxy) is 2. The molecular weight excluding hydrogens is 248 g/mol. The summed E-state index contributed by atoms with van der Waals surface area (Å²) in [4.78, 5) is 0. The van der Waals surface area contributed by atoms with E-state index in [-0.39, 0.29) is 11.2 Å². The van der Waals surface area contributed by atoms with E-state index < -0.39 is 0 Å². The van der Waals surface area contributed by atoms with Crippen LogP contribution in [0.1, 0.15) is 81.1 Å². The molecule has 0 saturated heterocycles. The quantitative estimate of drug-likeness (QED) is 0.525. The molecule has 0 spiro atoms. The molecule has 0 amide bonds. The maximum atomic E-state index is 5.83. The van der Waals surface area contributed by atoms with Gasteiger partial charge in [-0.2, -0.15) is 0 Å². The highest BCUT2D eigenvalue weighted by atomic mass is 16.5. The van der Waals surface area contributed by atoms with Crippen molar-refractivity contribution in [3.63, 3.8) is 0 Å². The molecule has 2 nitrogen and oxygen atoms in total. The molecule has 0 radical (unpaired) electrons. The summed E-state index contributed by atoms with van der Waals surface area (Å²) in [6, 6.07) is 0. The van der Waals surface area contributed by atoms with Gasteiger partial charge in [-0.3, -0.25) is 0 Å². The third kappa shape index (κ3) is 14.3. The molecule has 0 aromatic carbocycles. The summed E-state index contributed by atoms with van der Waals surface area (Å²) in [6.07, 6.45) is 5.13. The fourth-order valence-electron chi connectivity index (χ4n) is 1.94. The van der Waals surface area contributed by atoms with Crippen molar-refractivity contribution in [2.24, 2.45) is 11.8 Å². The number of hydrogen-bond acceptors (Lipinski definition) is 2. The second-order valence-corrected chi connectivity index (χ2v) is 8.34. The van der Waals surface area contributed by atoms with Gasteiger partial charge >= 0.3 is 0 Å². The summed E-state index contributed by atoms with van der Waals surface area (Å²) in [7, 11) is 0. The fourth-order valence-corrected chi connectivity index (χ4v) is 1.94. The van der Waals surface area contributed by atoms with Crippen LogP contribution >= 0.6 is 0 Å². The molecule has 20 heavy (non-hydrogen) atoms. The van der Waals surface area contributed by atoms with Crippen molar-refractivity contribution in [1.29, 1.82) is 0 Å². The Morgan fingerprint density at radius 3 is 1.20 bits per heavy atom. The molecular formula is C18H38O2. The van der Waals surface area contributed by atoms with Gasteiger partial charge in [0.2, 0.25) is 0 Å². The SMILES string of the molecule is CC(CCCCC(C)COC(C)(C)C)COC(C)(C)C. The van der Waals surface area contributed by atoms with Gasteiger partial charge in [-0.1, -0.05) is 26.7 Å². The normalized spacial score (nSPS) is 16.2. The highest BCUT2D eigenvalue weighted by Gasteiger charge is 2.14. The lowest BCUT2D eigenvalue weighted by atomic mass is 9.99. The molecule has 0 aromatic heterocycles. The van der Waals surface area contributed by atoms with Crippen LogP contribution in [0.4, 0.5) is 0 Å². The maximum absolute atomic E-state index is 5.83. The topological polar surface area (TPSA) is 18.5 Å². The van der Waals surface area contributed by atoms with Gasteiger partial charge in [0.25, 0.3) is 0 Å². The van der Waals surface area contributed by atoms with E-state index in [1.165, 1.54) is 25.7 Å². The molecule has 2 unspecified atom stereocenters. The number of unbranched alkanes of at least 4 members (excludes halogenated alkanes) is 1. The molecule has 0 fully saturated rings. The number of rotatable bonds is 9. The zero-order valence-electron chi connectivity index (χ0n) is 15.2. The molecule has 0 heterocycles. The van der Waals surface area contributed by atoms with E-state index in [2.05, 4.69) is 55.4 Å². The highest BCUT2D eigenvalue weighted by Crippen LogP contribution is 2.17. The van der Waals surface area contributed by atoms with Gasteiger partial charge in [0, 0.05) is 13.2 Å². The fraction of sp³-hybridized carbons (Fsp3) is 1.00. The Hall–Kier alpha value is -0.0800. The lowest BCUT2D eigenvalue weighted by Crippen LogP contribution is -2.23. The minimum absolute atomic E-state index is 0.00688. The van der Waals surface area contributed by atoms with Gasteiger partial charge in [-0.05, 0) is 66.2 Å². The first-order chi connectivity index (χ1) is 8.99. The van der Waals surface area contributed by atoms with E-state index in [0.717, 1.165) is 13.2 Å². The molecule has 0 bridgehead atoms. The van der Waals surface area contributed by atoms with Crippen molar-refractivity contribution in [2.45, 2.75) is 92.3 Å². The molecule has 122 valence electrons. The Bertz CT molecular complexity index is 209. The average Bonchev–Trinajstić information content (AvgIpc) is 2.27. The predicted molar refractivity (Wildman–Crippen MR) is 88.2 cm³/mol. The van der Waals surface area contributed by atoms with Crippen LogP contribution in [0.5, 0.6) is 0 Å². The standard InChI is InChI=1S/C18H38O2/c1-15(13-19-17(3,4)5)11-9-10-12-16(2)14-20-18(6,7)8/h15-16H,9-14H2,1-8H3. The molecule has 0 aliphatic rings. The first-order valence-electron chi connectivity index (χ1n) is 8.27. The molecule has 0 aliphatic heterocycles. The van der Waals surface area contributed by atoms with Crippen LogP contribution in [0.25, 0.3) is 0 Å². The van der Waals surface area contributed by atoms with Gasteiger partial charge in [0.1, 0.15) is 0 Å². The van der Waals surface area contributed by atoms with Gasteiger partial charge in [0.15, 0.2) is 0 Å². The Kier molecular flexibility index (Phi) is 9.01. The Labute approximate surface area is 127 Å². The second kappa shape index (κ2) is 9.04. The number of hydrogen-bond donors (Lipinski definition) is 0. The van der Waals surface area contributed by atoms with Crippen molar-refractivity contribution < 1.29 is 9.47 Å². The van der Waals surface area contributed by atoms with Crippen LogP contribution in [-0.4, -0.2) is 24.4 Å². The van der Waals surface area contributed by atoms with E-state index in [0.29, 0.717) is 11.8 Å². The van der Waals surface area contributed by atoms with Gasteiger partial charge in [0.05, 0.1) is 11.2 Å². The molecule has 0 saturated carbocycles. The van der Waals surface area contributed by atoms with Crippen LogP contribution in [0.15, 0.2) is 0 Å². The van der Waals surface area contributed by atoms with Crippen molar-refractivity contribution in [1.82, 2.24) is 0 Å². The first kappa shape index (κ1) is 19.9. The maximum Gasteiger partial charge on any atom is 0.0598 e. The van der Waals surface area contributed by atoms with Crippen molar-refractivity contribution in [3.05, 3.63) is 0 Å². The monoisotopic (exact) mass is 286 g/mol. The predicted octanol–water partition coefficient (Wildman–Crippen LogP) is 5.45. The molecule has 2 heteroatoms. The zero-order valence-corrected chi connectivity index (χ0v) is 15.2. The third-order valence-corrected chi connectivity index (χ3v) is 3.25. The van der Waals surface area contributed by atoms with Gasteiger partial charge in [-0.25, -0.2) is 0 Å². The average molecular weight is 286 g/mol. The van der Waals surface area contributed by atoms with E-state index in [9.17, 15) is 0 Å². The molecule has 0 aromatic rings. The minimum Gasteiger partial charge on any atom is -0.376 e. The van der Waals surface area contributed by atoms with Crippen LogP contribution in [0.2, 0.25) is 0 Å². The second-order valence-electron chi connectivity index (χ2n) is 8.34. The summed E-state index contributed by atoms with van der Waals surface area (Å²) >= 11 is 0. The lowest BCUT2D eigenvalue weighted by Gasteiger charge is -2.23. The molecule has 0 N–H and O–H groups in total. The summed E-state index contributed by atoms with van der Waals surface area (Å²) < 4.78 is 11.7. The molecule has 2 atom stereocenters. The summed E-state index contributed by atoms with van der Waals surface area (Å²) in [5.74, 6) is 1.32. The first-order valence-corrected chi connectivity index (χ1v) is 8.27. The van der Waals surface area contributed by atoms with Crippen molar-refractivity contribution >= 4 is 0 Å². The summed E-state index contributed by atoms with van der Waals surface area (Å²) in [5, 5.41) is 0. The van der Waals surface area contributed by atoms with Gasteiger partial charge in [-0.15, -0.1) is 0 Å². The Morgan fingerprint density at radius 2 is 0.950 bits per heavy atom. The van der Waals surface area contributed by atoms with E-state index in [1.807, 2.05) is 0 Å².